The van der Waals surface area contributed by atoms with Gasteiger partial charge in [-0.25, -0.2) is 13.4 Å². The van der Waals surface area contributed by atoms with E-state index in [9.17, 15) is 8.42 Å². The molecule has 2 saturated heterocycles. The molecule has 0 atom stereocenters. The zero-order valence-corrected chi connectivity index (χ0v) is 14.6. The van der Waals surface area contributed by atoms with E-state index in [4.69, 9.17) is 0 Å². The van der Waals surface area contributed by atoms with Crippen molar-refractivity contribution in [2.45, 2.75) is 43.0 Å². The van der Waals surface area contributed by atoms with Gasteiger partial charge in [-0.3, -0.25) is 0 Å². The summed E-state index contributed by atoms with van der Waals surface area (Å²) in [5.41, 5.74) is 0. The molecule has 2 aliphatic heterocycles. The van der Waals surface area contributed by atoms with Gasteiger partial charge < -0.3 is 10.2 Å². The van der Waals surface area contributed by atoms with E-state index in [0.29, 0.717) is 23.8 Å². The summed E-state index contributed by atoms with van der Waals surface area (Å²) in [5.74, 6) is 0.507. The first-order valence-corrected chi connectivity index (χ1v) is 9.91. The lowest BCUT2D eigenvalue weighted by molar-refractivity contribution is 0.263. The van der Waals surface area contributed by atoms with Crippen molar-refractivity contribution in [3.63, 3.8) is 0 Å². The van der Waals surface area contributed by atoms with Gasteiger partial charge in [-0.1, -0.05) is 6.42 Å². The third kappa shape index (κ3) is 3.84. The highest BCUT2D eigenvalue weighted by atomic mass is 32.2. The molecule has 0 aromatic carbocycles. The molecular formula is C16H26N4O2S. The minimum Gasteiger partial charge on any atom is -0.366 e. The molecule has 0 amide bonds. The zero-order valence-electron chi connectivity index (χ0n) is 13.7. The predicted molar refractivity (Wildman–Crippen MR) is 91.0 cm³/mol. The van der Waals surface area contributed by atoms with Crippen molar-refractivity contribution in [2.75, 3.05) is 38.5 Å². The van der Waals surface area contributed by atoms with E-state index in [-0.39, 0.29) is 6.04 Å². The Morgan fingerprint density at radius 2 is 1.83 bits per heavy atom. The second-order valence-electron chi connectivity index (χ2n) is 6.54. The van der Waals surface area contributed by atoms with Gasteiger partial charge in [-0.05, 0) is 58.0 Å². The number of nitrogens with one attached hydrogen (secondary N) is 1. The van der Waals surface area contributed by atoms with E-state index in [1.807, 2.05) is 0 Å². The largest absolute Gasteiger partial charge is 0.366 e. The van der Waals surface area contributed by atoms with Gasteiger partial charge in [0.25, 0.3) is 0 Å². The van der Waals surface area contributed by atoms with Crippen LogP contribution in [0.4, 0.5) is 5.82 Å². The molecule has 2 fully saturated rings. The standard InChI is InChI=1S/C16H26N4O2S/c1-19-12-7-14(8-13-19)18-16-15(6-5-9-17-16)23(21,22)20-10-3-2-4-11-20/h5-6,9,14H,2-4,7-8,10-13H2,1H3,(H,17,18). The fraction of sp³-hybridized carbons (Fsp3) is 0.688. The number of anilines is 1. The SMILES string of the molecule is CN1CCC(Nc2ncccc2S(=O)(=O)N2CCCCC2)CC1. The Balaban J connectivity index is 1.79. The molecule has 128 valence electrons. The Bertz CT molecular complexity index is 621. The lowest BCUT2D eigenvalue weighted by Crippen LogP contribution is -2.38. The van der Waals surface area contributed by atoms with E-state index >= 15 is 0 Å². The Labute approximate surface area is 138 Å². The highest BCUT2D eigenvalue weighted by Crippen LogP contribution is 2.26. The summed E-state index contributed by atoms with van der Waals surface area (Å²) >= 11 is 0. The number of aromatic nitrogens is 1. The number of piperidine rings is 2. The molecule has 2 aliphatic rings. The third-order valence-electron chi connectivity index (χ3n) is 4.76. The van der Waals surface area contributed by atoms with Crippen LogP contribution in [0, 0.1) is 0 Å². The molecule has 6 nitrogen and oxygen atoms in total. The van der Waals surface area contributed by atoms with Crippen molar-refractivity contribution in [1.29, 1.82) is 0 Å². The van der Waals surface area contributed by atoms with E-state index < -0.39 is 10.0 Å². The molecule has 3 rings (SSSR count). The van der Waals surface area contributed by atoms with Crippen LogP contribution in [-0.4, -0.2) is 61.9 Å². The zero-order chi connectivity index (χ0) is 16.3. The molecule has 1 aromatic heterocycles. The third-order valence-corrected chi connectivity index (χ3v) is 6.69. The van der Waals surface area contributed by atoms with Crippen LogP contribution < -0.4 is 5.32 Å². The number of pyridine rings is 1. The van der Waals surface area contributed by atoms with Crippen LogP contribution in [0.25, 0.3) is 0 Å². The summed E-state index contributed by atoms with van der Waals surface area (Å²) in [7, 11) is -1.34. The molecule has 23 heavy (non-hydrogen) atoms. The highest BCUT2D eigenvalue weighted by molar-refractivity contribution is 7.89. The summed E-state index contributed by atoms with van der Waals surface area (Å²) < 4.78 is 27.5. The molecule has 1 aromatic rings. The summed E-state index contributed by atoms with van der Waals surface area (Å²) in [6.45, 7) is 3.28. The molecular weight excluding hydrogens is 312 g/mol. The van der Waals surface area contributed by atoms with Crippen molar-refractivity contribution in [2.24, 2.45) is 0 Å². The number of rotatable bonds is 4. The van der Waals surface area contributed by atoms with Gasteiger partial charge in [0.2, 0.25) is 10.0 Å². The number of hydrogen-bond donors (Lipinski definition) is 1. The Morgan fingerprint density at radius 1 is 1.13 bits per heavy atom. The minimum absolute atomic E-state index is 0.288. The topological polar surface area (TPSA) is 65.5 Å². The highest BCUT2D eigenvalue weighted by Gasteiger charge is 2.29. The second-order valence-corrected chi connectivity index (χ2v) is 8.44. The first-order valence-electron chi connectivity index (χ1n) is 8.47. The van der Waals surface area contributed by atoms with Gasteiger partial charge in [0, 0.05) is 25.3 Å². The Kier molecular flexibility index (Phi) is 5.18. The van der Waals surface area contributed by atoms with Gasteiger partial charge in [-0.15, -0.1) is 0 Å². The summed E-state index contributed by atoms with van der Waals surface area (Å²) in [6, 6.07) is 3.67. The van der Waals surface area contributed by atoms with E-state index in [0.717, 1.165) is 45.2 Å². The Hall–Kier alpha value is -1.18. The summed E-state index contributed by atoms with van der Waals surface area (Å²) in [5, 5.41) is 3.37. The van der Waals surface area contributed by atoms with Gasteiger partial charge >= 0.3 is 0 Å². The molecule has 3 heterocycles. The minimum atomic E-state index is -3.46. The Morgan fingerprint density at radius 3 is 2.52 bits per heavy atom. The van der Waals surface area contributed by atoms with Crippen LogP contribution in [0.3, 0.4) is 0 Å². The second kappa shape index (κ2) is 7.15. The van der Waals surface area contributed by atoms with E-state index in [1.165, 1.54) is 0 Å². The maximum atomic E-state index is 12.9. The first kappa shape index (κ1) is 16.7. The maximum absolute atomic E-state index is 12.9. The number of nitrogens with zero attached hydrogens (tertiary/aromatic N) is 3. The number of sulfonamides is 1. The quantitative estimate of drug-likeness (QED) is 0.906. The monoisotopic (exact) mass is 338 g/mol. The summed E-state index contributed by atoms with van der Waals surface area (Å²) in [4.78, 5) is 6.94. The van der Waals surface area contributed by atoms with Crippen molar-refractivity contribution in [3.8, 4) is 0 Å². The molecule has 0 aliphatic carbocycles. The molecule has 1 N–H and O–H groups in total. The molecule has 0 saturated carbocycles. The molecule has 0 unspecified atom stereocenters. The number of hydrogen-bond acceptors (Lipinski definition) is 5. The average Bonchev–Trinajstić information content (AvgIpc) is 2.58. The normalized spacial score (nSPS) is 22.1. The maximum Gasteiger partial charge on any atom is 0.246 e. The van der Waals surface area contributed by atoms with Crippen LogP contribution >= 0.6 is 0 Å². The van der Waals surface area contributed by atoms with Crippen LogP contribution in [0.2, 0.25) is 0 Å². The lowest BCUT2D eigenvalue weighted by Gasteiger charge is -2.31. The average molecular weight is 338 g/mol. The van der Waals surface area contributed by atoms with E-state index in [1.54, 1.807) is 22.6 Å². The smallest absolute Gasteiger partial charge is 0.246 e. The molecule has 0 bridgehead atoms. The fourth-order valence-electron chi connectivity index (χ4n) is 3.30. The van der Waals surface area contributed by atoms with E-state index in [2.05, 4.69) is 22.2 Å². The molecule has 7 heteroatoms. The van der Waals surface area contributed by atoms with Crippen LogP contribution in [0.15, 0.2) is 23.2 Å². The summed E-state index contributed by atoms with van der Waals surface area (Å²) in [6.07, 6.45) is 6.67. The first-order chi connectivity index (χ1) is 11.1. The number of likely N-dealkylation sites (tertiary alicyclic amines) is 1. The van der Waals surface area contributed by atoms with Crippen LogP contribution in [-0.2, 0) is 10.0 Å². The van der Waals surface area contributed by atoms with Crippen molar-refractivity contribution in [3.05, 3.63) is 18.3 Å². The van der Waals surface area contributed by atoms with Crippen molar-refractivity contribution >= 4 is 15.8 Å². The fourth-order valence-corrected chi connectivity index (χ4v) is 4.92. The van der Waals surface area contributed by atoms with Gasteiger partial charge in [-0.2, -0.15) is 4.31 Å². The van der Waals surface area contributed by atoms with Crippen LogP contribution in [0.1, 0.15) is 32.1 Å². The predicted octanol–water partition coefficient (Wildman–Crippen LogP) is 1.76. The van der Waals surface area contributed by atoms with Crippen LogP contribution in [0.5, 0.6) is 0 Å². The van der Waals surface area contributed by atoms with Gasteiger partial charge in [0.15, 0.2) is 0 Å². The van der Waals surface area contributed by atoms with Crippen molar-refractivity contribution < 1.29 is 8.42 Å². The van der Waals surface area contributed by atoms with Gasteiger partial charge in [0.05, 0.1) is 0 Å². The molecule has 0 spiro atoms. The van der Waals surface area contributed by atoms with Gasteiger partial charge in [0.1, 0.15) is 10.7 Å². The lowest BCUT2D eigenvalue weighted by atomic mass is 10.1. The molecule has 0 radical (unpaired) electrons. The van der Waals surface area contributed by atoms with Crippen molar-refractivity contribution in [1.82, 2.24) is 14.2 Å².